The third-order valence-electron chi connectivity index (χ3n) is 6.15. The molecule has 0 radical (unpaired) electrons. The molecule has 9 nitrogen and oxygen atoms in total. The number of ether oxygens (including phenoxy) is 2. The summed E-state index contributed by atoms with van der Waals surface area (Å²) < 4.78 is 11.7. The van der Waals surface area contributed by atoms with Gasteiger partial charge in [0, 0.05) is 43.1 Å². The second kappa shape index (κ2) is 8.90. The average Bonchev–Trinajstić information content (AvgIpc) is 3.31. The molecule has 1 aromatic heterocycles. The number of fused-ring (bicyclic) bond motifs is 1. The number of halogens is 1. The Bertz CT molecular complexity index is 1370. The molecular weight excluding hydrogens is 460 g/mol. The van der Waals surface area contributed by atoms with Crippen LogP contribution in [0.15, 0.2) is 52.2 Å². The molecular formula is C24H23ClN4O5. The fourth-order valence-corrected chi connectivity index (χ4v) is 4.44. The number of hydrogen-bond acceptors (Lipinski definition) is 6. The van der Waals surface area contributed by atoms with Gasteiger partial charge in [-0.3, -0.25) is 14.2 Å². The number of anilines is 1. The molecule has 1 fully saturated rings. The molecule has 0 spiro atoms. The molecule has 2 aliphatic rings. The van der Waals surface area contributed by atoms with Gasteiger partial charge >= 0.3 is 5.69 Å². The summed E-state index contributed by atoms with van der Waals surface area (Å²) in [7, 11) is 0. The number of aryl methyl sites for hydroxylation is 1. The highest BCUT2D eigenvalue weighted by Crippen LogP contribution is 2.32. The van der Waals surface area contributed by atoms with Gasteiger partial charge in [0.15, 0.2) is 11.5 Å². The van der Waals surface area contributed by atoms with Crippen LogP contribution in [0.25, 0.3) is 0 Å². The Kier molecular flexibility index (Phi) is 5.79. The van der Waals surface area contributed by atoms with E-state index < -0.39 is 17.2 Å². The smallest absolute Gasteiger partial charge is 0.328 e. The van der Waals surface area contributed by atoms with E-state index in [-0.39, 0.29) is 18.9 Å². The Hall–Kier alpha value is -3.72. The van der Waals surface area contributed by atoms with Crippen molar-refractivity contribution >= 4 is 23.2 Å². The second-order valence-electron chi connectivity index (χ2n) is 8.30. The maximum Gasteiger partial charge on any atom is 0.328 e. The predicted molar refractivity (Wildman–Crippen MR) is 127 cm³/mol. The second-order valence-corrected chi connectivity index (χ2v) is 8.73. The molecule has 34 heavy (non-hydrogen) atoms. The third kappa shape index (κ3) is 4.14. The number of H-pyrrole nitrogens is 1. The first-order valence-electron chi connectivity index (χ1n) is 10.9. The SMILES string of the molecule is Cc1ccc(Cl)cc1N1CCN(C(=O)c2c[nH]c(=O)n(Cc3ccc4c(c3)OCO4)c2=O)CC1. The number of benzene rings is 2. The zero-order chi connectivity index (χ0) is 23.8. The van der Waals surface area contributed by atoms with Gasteiger partial charge in [0.05, 0.1) is 6.54 Å². The van der Waals surface area contributed by atoms with Gasteiger partial charge in [-0.2, -0.15) is 0 Å². The van der Waals surface area contributed by atoms with E-state index in [0.29, 0.717) is 48.3 Å². The summed E-state index contributed by atoms with van der Waals surface area (Å²) in [6, 6.07) is 11.0. The highest BCUT2D eigenvalue weighted by Gasteiger charge is 2.26. The minimum absolute atomic E-state index is 0.00769. The molecule has 2 aliphatic heterocycles. The fourth-order valence-electron chi connectivity index (χ4n) is 4.27. The monoisotopic (exact) mass is 482 g/mol. The Morgan fingerprint density at radius 2 is 1.79 bits per heavy atom. The van der Waals surface area contributed by atoms with Crippen LogP contribution in [0, 0.1) is 6.92 Å². The highest BCUT2D eigenvalue weighted by atomic mass is 35.5. The maximum absolute atomic E-state index is 13.2. The lowest BCUT2D eigenvalue weighted by atomic mass is 10.1. The van der Waals surface area contributed by atoms with E-state index in [1.54, 1.807) is 23.1 Å². The molecule has 0 unspecified atom stereocenters. The van der Waals surface area contributed by atoms with Gasteiger partial charge < -0.3 is 24.3 Å². The van der Waals surface area contributed by atoms with E-state index in [1.807, 2.05) is 25.1 Å². The lowest BCUT2D eigenvalue weighted by Gasteiger charge is -2.36. The summed E-state index contributed by atoms with van der Waals surface area (Å²) in [4.78, 5) is 45.0. The number of nitrogens with one attached hydrogen (secondary N) is 1. The quantitative estimate of drug-likeness (QED) is 0.612. The van der Waals surface area contributed by atoms with Crippen molar-refractivity contribution in [3.05, 3.63) is 85.1 Å². The summed E-state index contributed by atoms with van der Waals surface area (Å²) in [5.41, 5.74) is 1.56. The Morgan fingerprint density at radius 3 is 2.59 bits per heavy atom. The van der Waals surface area contributed by atoms with Gasteiger partial charge in [0.1, 0.15) is 5.56 Å². The Morgan fingerprint density at radius 1 is 1.03 bits per heavy atom. The molecule has 3 heterocycles. The van der Waals surface area contributed by atoms with Crippen LogP contribution in [0.4, 0.5) is 5.69 Å². The standard InChI is InChI=1S/C24H23ClN4O5/c1-15-2-4-17(25)11-19(15)27-6-8-28(9-7-27)22(30)18-12-26-24(32)29(23(18)31)13-16-3-5-20-21(10-16)34-14-33-20/h2-5,10-12H,6-9,13-14H2,1H3,(H,26,32). The van der Waals surface area contributed by atoms with Crippen LogP contribution < -0.4 is 25.6 Å². The fraction of sp³-hybridized carbons (Fsp3) is 0.292. The predicted octanol–water partition coefficient (Wildman–Crippen LogP) is 2.24. The molecule has 2 aromatic carbocycles. The first-order valence-corrected chi connectivity index (χ1v) is 11.3. The van der Waals surface area contributed by atoms with Gasteiger partial charge in [-0.15, -0.1) is 0 Å². The number of piperazine rings is 1. The van der Waals surface area contributed by atoms with Gasteiger partial charge in [0.2, 0.25) is 6.79 Å². The number of aromatic amines is 1. The van der Waals surface area contributed by atoms with Crippen molar-refractivity contribution in [3.8, 4) is 11.5 Å². The van der Waals surface area contributed by atoms with E-state index in [9.17, 15) is 14.4 Å². The number of hydrogen-bond donors (Lipinski definition) is 1. The van der Waals surface area contributed by atoms with E-state index in [2.05, 4.69) is 9.88 Å². The van der Waals surface area contributed by atoms with Crippen LogP contribution in [0.5, 0.6) is 11.5 Å². The molecule has 0 aliphatic carbocycles. The Balaban J connectivity index is 1.33. The van der Waals surface area contributed by atoms with Crippen molar-refractivity contribution < 1.29 is 14.3 Å². The van der Waals surface area contributed by atoms with Crippen molar-refractivity contribution in [1.29, 1.82) is 0 Å². The van der Waals surface area contributed by atoms with Crippen LogP contribution in [0.1, 0.15) is 21.5 Å². The summed E-state index contributed by atoms with van der Waals surface area (Å²) >= 11 is 6.16. The summed E-state index contributed by atoms with van der Waals surface area (Å²) in [6.07, 6.45) is 1.20. The lowest BCUT2D eigenvalue weighted by Crippen LogP contribution is -2.50. The van der Waals surface area contributed by atoms with Crippen LogP contribution >= 0.6 is 11.6 Å². The van der Waals surface area contributed by atoms with Crippen molar-refractivity contribution in [3.63, 3.8) is 0 Å². The zero-order valence-corrected chi connectivity index (χ0v) is 19.3. The molecule has 1 amide bonds. The number of carbonyl (C=O) groups is 1. The number of nitrogens with zero attached hydrogens (tertiary/aromatic N) is 3. The largest absolute Gasteiger partial charge is 0.454 e. The molecule has 0 bridgehead atoms. The molecule has 176 valence electrons. The van der Waals surface area contributed by atoms with Gasteiger partial charge in [-0.1, -0.05) is 23.7 Å². The number of amides is 1. The van der Waals surface area contributed by atoms with Gasteiger partial charge in [0.25, 0.3) is 11.5 Å². The van der Waals surface area contributed by atoms with Gasteiger partial charge in [-0.05, 0) is 42.3 Å². The van der Waals surface area contributed by atoms with Gasteiger partial charge in [-0.25, -0.2) is 4.79 Å². The minimum atomic E-state index is -0.625. The summed E-state index contributed by atoms with van der Waals surface area (Å²) in [5.74, 6) is 0.770. The Labute approximate surface area is 200 Å². The van der Waals surface area contributed by atoms with Crippen molar-refractivity contribution in [2.75, 3.05) is 37.9 Å². The molecule has 1 saturated heterocycles. The number of aromatic nitrogens is 2. The normalized spacial score (nSPS) is 15.0. The van der Waals surface area contributed by atoms with Crippen molar-refractivity contribution in [2.24, 2.45) is 0 Å². The van der Waals surface area contributed by atoms with Crippen LogP contribution in [-0.4, -0.2) is 53.3 Å². The van der Waals surface area contributed by atoms with E-state index in [0.717, 1.165) is 15.8 Å². The van der Waals surface area contributed by atoms with Crippen LogP contribution in [0.2, 0.25) is 5.02 Å². The van der Waals surface area contributed by atoms with E-state index in [4.69, 9.17) is 21.1 Å². The zero-order valence-electron chi connectivity index (χ0n) is 18.5. The van der Waals surface area contributed by atoms with Crippen molar-refractivity contribution in [1.82, 2.24) is 14.5 Å². The first-order chi connectivity index (χ1) is 16.4. The molecule has 5 rings (SSSR count). The number of carbonyl (C=O) groups excluding carboxylic acids is 1. The minimum Gasteiger partial charge on any atom is -0.454 e. The number of rotatable bonds is 4. The summed E-state index contributed by atoms with van der Waals surface area (Å²) in [5, 5.41) is 0.662. The van der Waals surface area contributed by atoms with E-state index in [1.165, 1.54) is 6.20 Å². The van der Waals surface area contributed by atoms with E-state index >= 15 is 0 Å². The van der Waals surface area contributed by atoms with Crippen LogP contribution in [0.3, 0.4) is 0 Å². The topological polar surface area (TPSA) is 96.9 Å². The molecule has 10 heteroatoms. The van der Waals surface area contributed by atoms with Crippen LogP contribution in [-0.2, 0) is 6.54 Å². The first kappa shape index (κ1) is 22.1. The highest BCUT2D eigenvalue weighted by molar-refractivity contribution is 6.30. The summed E-state index contributed by atoms with van der Waals surface area (Å²) in [6.45, 7) is 4.29. The average molecular weight is 483 g/mol. The molecule has 0 atom stereocenters. The maximum atomic E-state index is 13.2. The molecule has 1 N–H and O–H groups in total. The third-order valence-corrected chi connectivity index (χ3v) is 6.38. The molecule has 0 saturated carbocycles. The molecule has 3 aromatic rings. The lowest BCUT2D eigenvalue weighted by molar-refractivity contribution is 0.0743. The van der Waals surface area contributed by atoms with Crippen molar-refractivity contribution in [2.45, 2.75) is 13.5 Å².